The molecule has 2 N–H and O–H groups in total. The topological polar surface area (TPSA) is 52.1 Å². The van der Waals surface area contributed by atoms with Crippen LogP contribution in [0.25, 0.3) is 0 Å². The molecular formula is C23H37N5O. The van der Waals surface area contributed by atoms with Crippen molar-refractivity contribution in [3.63, 3.8) is 0 Å². The van der Waals surface area contributed by atoms with E-state index in [4.69, 9.17) is 9.73 Å². The third-order valence-corrected chi connectivity index (χ3v) is 6.52. The maximum Gasteiger partial charge on any atom is 0.191 e. The van der Waals surface area contributed by atoms with Crippen LogP contribution in [0.4, 0.5) is 0 Å². The Hall–Kier alpha value is -1.63. The zero-order chi connectivity index (χ0) is 20.1. The van der Waals surface area contributed by atoms with Gasteiger partial charge in [0, 0.05) is 45.3 Å². The van der Waals surface area contributed by atoms with Crippen molar-refractivity contribution in [1.29, 1.82) is 0 Å². The molecule has 0 aromatic heterocycles. The van der Waals surface area contributed by atoms with E-state index in [0.717, 1.165) is 58.1 Å². The molecule has 4 atom stereocenters. The molecule has 1 aromatic carbocycles. The Morgan fingerprint density at radius 1 is 1.21 bits per heavy atom. The number of nitrogens with one attached hydrogen (secondary N) is 2. The Labute approximate surface area is 175 Å². The lowest BCUT2D eigenvalue weighted by Crippen LogP contribution is -2.48. The minimum Gasteiger partial charge on any atom is -0.373 e. The first-order valence-corrected chi connectivity index (χ1v) is 11.4. The van der Waals surface area contributed by atoms with E-state index in [0.29, 0.717) is 24.3 Å². The van der Waals surface area contributed by atoms with Gasteiger partial charge in [-0.05, 0) is 45.2 Å². The Morgan fingerprint density at radius 3 is 2.79 bits per heavy atom. The highest BCUT2D eigenvalue weighted by atomic mass is 16.5. The zero-order valence-corrected chi connectivity index (χ0v) is 18.0. The lowest BCUT2D eigenvalue weighted by Gasteiger charge is -2.40. The van der Waals surface area contributed by atoms with Crippen molar-refractivity contribution >= 4 is 5.96 Å². The zero-order valence-electron chi connectivity index (χ0n) is 18.0. The predicted octanol–water partition coefficient (Wildman–Crippen LogP) is 2.24. The number of rotatable bonds is 7. The molecule has 6 heteroatoms. The van der Waals surface area contributed by atoms with Crippen LogP contribution in [0.15, 0.2) is 35.3 Å². The molecule has 0 radical (unpaired) electrons. The van der Waals surface area contributed by atoms with E-state index >= 15 is 0 Å². The summed E-state index contributed by atoms with van der Waals surface area (Å²) >= 11 is 0. The molecule has 2 bridgehead atoms. The van der Waals surface area contributed by atoms with Gasteiger partial charge in [0.2, 0.25) is 0 Å². The van der Waals surface area contributed by atoms with Crippen molar-refractivity contribution < 1.29 is 4.74 Å². The third-order valence-electron chi connectivity index (χ3n) is 6.52. The summed E-state index contributed by atoms with van der Waals surface area (Å²) in [6.45, 7) is 8.33. The highest BCUT2D eigenvalue weighted by molar-refractivity contribution is 5.80. The van der Waals surface area contributed by atoms with Crippen LogP contribution in [0, 0.1) is 0 Å². The van der Waals surface area contributed by atoms with Crippen LogP contribution in [-0.2, 0) is 4.74 Å². The number of guanidine groups is 1. The number of ether oxygens (including phenoxy) is 1. The molecule has 4 unspecified atom stereocenters. The average Bonchev–Trinajstić information content (AvgIpc) is 3.36. The maximum atomic E-state index is 5.98. The van der Waals surface area contributed by atoms with Crippen molar-refractivity contribution in [2.75, 3.05) is 46.3 Å². The fraction of sp³-hybridized carbons (Fsp3) is 0.696. The van der Waals surface area contributed by atoms with Crippen molar-refractivity contribution in [3.05, 3.63) is 35.9 Å². The van der Waals surface area contributed by atoms with E-state index in [-0.39, 0.29) is 0 Å². The first kappa shape index (κ1) is 20.6. The van der Waals surface area contributed by atoms with Crippen LogP contribution in [0.1, 0.15) is 44.2 Å². The largest absolute Gasteiger partial charge is 0.373 e. The molecule has 3 aliphatic rings. The molecule has 160 valence electrons. The molecular weight excluding hydrogens is 362 g/mol. The molecule has 0 amide bonds. The Kier molecular flexibility index (Phi) is 7.06. The minimum absolute atomic E-state index is 0.376. The van der Waals surface area contributed by atoms with E-state index in [1.54, 1.807) is 0 Å². The van der Waals surface area contributed by atoms with Gasteiger partial charge in [-0.15, -0.1) is 0 Å². The van der Waals surface area contributed by atoms with Gasteiger partial charge in [0.15, 0.2) is 5.96 Å². The molecule has 0 saturated carbocycles. The normalized spacial score (nSPS) is 30.6. The van der Waals surface area contributed by atoms with Crippen molar-refractivity contribution in [2.24, 2.45) is 4.99 Å². The molecule has 1 aromatic rings. The molecule has 3 heterocycles. The molecule has 3 aliphatic heterocycles. The SMILES string of the molecule is CCNC(=NCCCN1CCN(C)CC1c1ccccc1)NC1CC2CCC1O2. The van der Waals surface area contributed by atoms with Gasteiger partial charge in [0.05, 0.1) is 18.2 Å². The first-order valence-electron chi connectivity index (χ1n) is 11.4. The lowest BCUT2D eigenvalue weighted by molar-refractivity contribution is 0.0894. The Morgan fingerprint density at radius 2 is 2.07 bits per heavy atom. The summed E-state index contributed by atoms with van der Waals surface area (Å²) in [6.07, 6.45) is 5.45. The molecule has 0 spiro atoms. The minimum atomic E-state index is 0.376. The Bertz CT molecular complexity index is 666. The highest BCUT2D eigenvalue weighted by Gasteiger charge is 2.41. The number of piperazine rings is 1. The van der Waals surface area contributed by atoms with E-state index in [9.17, 15) is 0 Å². The van der Waals surface area contributed by atoms with Gasteiger partial charge in [-0.3, -0.25) is 9.89 Å². The van der Waals surface area contributed by atoms with Crippen molar-refractivity contribution in [1.82, 2.24) is 20.4 Å². The summed E-state index contributed by atoms with van der Waals surface area (Å²) in [5.74, 6) is 0.951. The fourth-order valence-corrected chi connectivity index (χ4v) is 4.97. The summed E-state index contributed by atoms with van der Waals surface area (Å²) in [6, 6.07) is 11.8. The van der Waals surface area contributed by atoms with Crippen LogP contribution >= 0.6 is 0 Å². The van der Waals surface area contributed by atoms with E-state index in [1.807, 2.05) is 0 Å². The highest BCUT2D eigenvalue weighted by Crippen LogP contribution is 2.34. The average molecular weight is 400 g/mol. The summed E-state index contributed by atoms with van der Waals surface area (Å²) < 4.78 is 5.98. The van der Waals surface area contributed by atoms with Crippen LogP contribution < -0.4 is 10.6 Å². The second-order valence-corrected chi connectivity index (χ2v) is 8.70. The Balaban J connectivity index is 1.29. The number of hydrogen-bond acceptors (Lipinski definition) is 4. The fourth-order valence-electron chi connectivity index (χ4n) is 4.97. The van der Waals surface area contributed by atoms with Gasteiger partial charge in [0.1, 0.15) is 0 Å². The molecule has 6 nitrogen and oxygen atoms in total. The number of hydrogen-bond donors (Lipinski definition) is 2. The molecule has 0 aliphatic carbocycles. The van der Waals surface area contributed by atoms with Gasteiger partial charge in [0.25, 0.3) is 0 Å². The predicted molar refractivity (Wildman–Crippen MR) is 118 cm³/mol. The maximum absolute atomic E-state index is 5.98. The monoisotopic (exact) mass is 399 g/mol. The standard InChI is InChI=1S/C23H37N5O/c1-3-24-23(26-20-16-19-10-11-22(20)29-19)25-12-7-13-28-15-14-27(2)17-21(28)18-8-5-4-6-9-18/h4-6,8-9,19-22H,3,7,10-17H2,1-2H3,(H2,24,25,26). The van der Waals surface area contributed by atoms with Gasteiger partial charge in [-0.25, -0.2) is 0 Å². The number of fused-ring (bicyclic) bond motifs is 2. The third kappa shape index (κ3) is 5.30. The second-order valence-electron chi connectivity index (χ2n) is 8.70. The van der Waals surface area contributed by atoms with E-state index in [1.165, 1.54) is 18.4 Å². The van der Waals surface area contributed by atoms with Crippen LogP contribution in [0.5, 0.6) is 0 Å². The van der Waals surface area contributed by atoms with Crippen LogP contribution in [0.2, 0.25) is 0 Å². The van der Waals surface area contributed by atoms with Crippen molar-refractivity contribution in [3.8, 4) is 0 Å². The number of benzene rings is 1. The van der Waals surface area contributed by atoms with Gasteiger partial charge in [-0.2, -0.15) is 0 Å². The number of likely N-dealkylation sites (N-methyl/N-ethyl adjacent to an activating group) is 1. The number of nitrogens with zero attached hydrogens (tertiary/aromatic N) is 3. The molecule has 3 saturated heterocycles. The van der Waals surface area contributed by atoms with Gasteiger partial charge in [-0.1, -0.05) is 30.3 Å². The quantitative estimate of drug-likeness (QED) is 0.418. The van der Waals surface area contributed by atoms with Gasteiger partial charge < -0.3 is 20.3 Å². The number of aliphatic imine (C=N–C) groups is 1. The molecule has 29 heavy (non-hydrogen) atoms. The molecule has 4 rings (SSSR count). The van der Waals surface area contributed by atoms with Gasteiger partial charge >= 0.3 is 0 Å². The summed E-state index contributed by atoms with van der Waals surface area (Å²) in [7, 11) is 2.23. The smallest absolute Gasteiger partial charge is 0.191 e. The summed E-state index contributed by atoms with van der Waals surface area (Å²) in [4.78, 5) is 9.93. The van der Waals surface area contributed by atoms with Crippen LogP contribution in [0.3, 0.4) is 0 Å². The summed E-state index contributed by atoms with van der Waals surface area (Å²) in [5, 5.41) is 7.03. The van der Waals surface area contributed by atoms with Crippen molar-refractivity contribution in [2.45, 2.75) is 56.9 Å². The summed E-state index contributed by atoms with van der Waals surface area (Å²) in [5.41, 5.74) is 1.42. The van der Waals surface area contributed by atoms with Crippen LogP contribution in [-0.4, -0.2) is 80.3 Å². The molecule has 3 fully saturated rings. The second kappa shape index (κ2) is 9.92. The first-order chi connectivity index (χ1) is 14.2. The van der Waals surface area contributed by atoms with E-state index < -0.39 is 0 Å². The van der Waals surface area contributed by atoms with E-state index in [2.05, 4.69) is 64.7 Å². The lowest BCUT2D eigenvalue weighted by atomic mass is 9.96.